The van der Waals surface area contributed by atoms with Gasteiger partial charge in [0.15, 0.2) is 0 Å². The highest BCUT2D eigenvalue weighted by molar-refractivity contribution is 5.52. The summed E-state index contributed by atoms with van der Waals surface area (Å²) in [6, 6.07) is 4.09. The molecule has 0 aromatic carbocycles. The monoisotopic (exact) mass is 224 g/mol. The lowest BCUT2D eigenvalue weighted by Gasteiger charge is -2.23. The molecule has 0 aliphatic heterocycles. The Hall–Kier alpha value is -1.29. The van der Waals surface area contributed by atoms with Crippen molar-refractivity contribution in [3.63, 3.8) is 0 Å². The van der Waals surface area contributed by atoms with E-state index in [-0.39, 0.29) is 6.04 Å². The van der Waals surface area contributed by atoms with Crippen molar-refractivity contribution >= 4 is 5.69 Å². The van der Waals surface area contributed by atoms with Crippen LogP contribution in [0.15, 0.2) is 18.3 Å². The minimum absolute atomic E-state index is 0.253. The number of hydrogen-bond donors (Lipinski definition) is 1. The Bertz CT molecular complexity index is 316. The normalized spacial score (nSPS) is 12.6. The first-order chi connectivity index (χ1) is 7.69. The van der Waals surface area contributed by atoms with Gasteiger partial charge in [0.1, 0.15) is 0 Å². The fourth-order valence-electron chi connectivity index (χ4n) is 1.44. The first kappa shape index (κ1) is 12.8. The molecule has 4 nitrogen and oxygen atoms in total. The number of nitrogens with zero attached hydrogens (tertiary/aromatic N) is 1. The van der Waals surface area contributed by atoms with Gasteiger partial charge in [-0.1, -0.05) is 13.8 Å². The molecule has 0 amide bonds. The molecule has 0 spiro atoms. The SMILES string of the molecule is COCC(Nc1cccnc1OC)C(C)C. The summed E-state index contributed by atoms with van der Waals surface area (Å²) < 4.78 is 10.4. The Kier molecular flexibility index (Phi) is 5.05. The van der Waals surface area contributed by atoms with Crippen molar-refractivity contribution in [3.8, 4) is 5.88 Å². The van der Waals surface area contributed by atoms with Crippen LogP contribution >= 0.6 is 0 Å². The fraction of sp³-hybridized carbons (Fsp3) is 0.583. The molecule has 0 saturated carbocycles. The molecule has 1 atom stereocenters. The smallest absolute Gasteiger partial charge is 0.237 e. The van der Waals surface area contributed by atoms with Crippen LogP contribution in [0.5, 0.6) is 5.88 Å². The van der Waals surface area contributed by atoms with Gasteiger partial charge < -0.3 is 14.8 Å². The molecule has 1 N–H and O–H groups in total. The van der Waals surface area contributed by atoms with E-state index in [4.69, 9.17) is 9.47 Å². The first-order valence-corrected chi connectivity index (χ1v) is 5.43. The van der Waals surface area contributed by atoms with E-state index in [2.05, 4.69) is 24.1 Å². The van der Waals surface area contributed by atoms with Gasteiger partial charge in [-0.15, -0.1) is 0 Å². The van der Waals surface area contributed by atoms with Crippen LogP contribution in [0.2, 0.25) is 0 Å². The number of pyridine rings is 1. The zero-order chi connectivity index (χ0) is 12.0. The Balaban J connectivity index is 2.76. The minimum atomic E-state index is 0.253. The Labute approximate surface area is 97.0 Å². The van der Waals surface area contributed by atoms with Crippen molar-refractivity contribution in [2.75, 3.05) is 26.1 Å². The highest BCUT2D eigenvalue weighted by Gasteiger charge is 2.15. The van der Waals surface area contributed by atoms with Gasteiger partial charge in [-0.25, -0.2) is 4.98 Å². The third-order valence-corrected chi connectivity index (χ3v) is 2.46. The Morgan fingerprint density at radius 1 is 1.38 bits per heavy atom. The van der Waals surface area contributed by atoms with Crippen molar-refractivity contribution in [2.45, 2.75) is 19.9 Å². The van der Waals surface area contributed by atoms with Gasteiger partial charge in [0.25, 0.3) is 0 Å². The number of methoxy groups -OCH3 is 2. The molecule has 0 bridgehead atoms. The third kappa shape index (κ3) is 3.38. The molecule has 1 aromatic rings. The summed E-state index contributed by atoms with van der Waals surface area (Å²) in [5.74, 6) is 1.09. The molecule has 0 radical (unpaired) electrons. The number of aromatic nitrogens is 1. The van der Waals surface area contributed by atoms with Crippen LogP contribution in [-0.2, 0) is 4.74 Å². The topological polar surface area (TPSA) is 43.4 Å². The molecule has 0 saturated heterocycles. The highest BCUT2D eigenvalue weighted by atomic mass is 16.5. The molecule has 90 valence electrons. The molecule has 1 heterocycles. The lowest BCUT2D eigenvalue weighted by atomic mass is 10.1. The molecular weight excluding hydrogens is 204 g/mol. The lowest BCUT2D eigenvalue weighted by molar-refractivity contribution is 0.171. The summed E-state index contributed by atoms with van der Waals surface area (Å²) in [6.45, 7) is 4.97. The van der Waals surface area contributed by atoms with Crippen molar-refractivity contribution in [3.05, 3.63) is 18.3 Å². The maximum atomic E-state index is 5.19. The molecule has 16 heavy (non-hydrogen) atoms. The predicted octanol–water partition coefficient (Wildman–Crippen LogP) is 2.17. The molecule has 0 aliphatic rings. The van der Waals surface area contributed by atoms with Gasteiger partial charge in [-0.05, 0) is 18.1 Å². The van der Waals surface area contributed by atoms with Crippen LogP contribution in [-0.4, -0.2) is 31.9 Å². The summed E-state index contributed by atoms with van der Waals surface area (Å²) in [7, 11) is 3.33. The van der Waals surface area contributed by atoms with Crippen LogP contribution in [0.25, 0.3) is 0 Å². The van der Waals surface area contributed by atoms with Gasteiger partial charge >= 0.3 is 0 Å². The lowest BCUT2D eigenvalue weighted by Crippen LogP contribution is -2.30. The molecule has 1 unspecified atom stereocenters. The molecule has 1 aromatic heterocycles. The van der Waals surface area contributed by atoms with Crippen LogP contribution in [0.4, 0.5) is 5.69 Å². The van der Waals surface area contributed by atoms with Crippen LogP contribution in [0, 0.1) is 5.92 Å². The number of rotatable bonds is 6. The summed E-state index contributed by atoms with van der Waals surface area (Å²) in [4.78, 5) is 4.14. The zero-order valence-corrected chi connectivity index (χ0v) is 10.4. The van der Waals surface area contributed by atoms with Crippen molar-refractivity contribution in [1.82, 2.24) is 4.98 Å². The summed E-state index contributed by atoms with van der Waals surface area (Å²) in [6.07, 6.45) is 1.71. The summed E-state index contributed by atoms with van der Waals surface area (Å²) in [5, 5.41) is 3.39. The van der Waals surface area contributed by atoms with Crippen molar-refractivity contribution < 1.29 is 9.47 Å². The van der Waals surface area contributed by atoms with E-state index < -0.39 is 0 Å². The van der Waals surface area contributed by atoms with Gasteiger partial charge in [0.2, 0.25) is 5.88 Å². The molecule has 0 fully saturated rings. The van der Waals surface area contributed by atoms with Gasteiger partial charge in [-0.3, -0.25) is 0 Å². The van der Waals surface area contributed by atoms with E-state index in [0.717, 1.165) is 5.69 Å². The van der Waals surface area contributed by atoms with Crippen molar-refractivity contribution in [1.29, 1.82) is 0 Å². The predicted molar refractivity (Wildman–Crippen MR) is 64.9 cm³/mol. The van der Waals surface area contributed by atoms with E-state index in [9.17, 15) is 0 Å². The average Bonchev–Trinajstić information content (AvgIpc) is 2.29. The molecular formula is C12H20N2O2. The summed E-state index contributed by atoms with van der Waals surface area (Å²) >= 11 is 0. The minimum Gasteiger partial charge on any atom is -0.480 e. The number of anilines is 1. The average molecular weight is 224 g/mol. The fourth-order valence-corrected chi connectivity index (χ4v) is 1.44. The van der Waals surface area contributed by atoms with E-state index >= 15 is 0 Å². The Morgan fingerprint density at radius 3 is 2.69 bits per heavy atom. The zero-order valence-electron chi connectivity index (χ0n) is 10.4. The van der Waals surface area contributed by atoms with E-state index in [0.29, 0.717) is 18.4 Å². The van der Waals surface area contributed by atoms with Crippen LogP contribution < -0.4 is 10.1 Å². The second-order valence-corrected chi connectivity index (χ2v) is 4.01. The van der Waals surface area contributed by atoms with Gasteiger partial charge in [0.05, 0.1) is 25.4 Å². The van der Waals surface area contributed by atoms with E-state index in [1.807, 2.05) is 12.1 Å². The Morgan fingerprint density at radius 2 is 2.12 bits per heavy atom. The van der Waals surface area contributed by atoms with Crippen molar-refractivity contribution in [2.24, 2.45) is 5.92 Å². The van der Waals surface area contributed by atoms with E-state index in [1.54, 1.807) is 20.4 Å². The number of nitrogens with one attached hydrogen (secondary N) is 1. The molecule has 4 heteroatoms. The number of hydrogen-bond acceptors (Lipinski definition) is 4. The van der Waals surface area contributed by atoms with Crippen LogP contribution in [0.1, 0.15) is 13.8 Å². The standard InChI is InChI=1S/C12H20N2O2/c1-9(2)11(8-15-3)14-10-6-5-7-13-12(10)16-4/h5-7,9,11,14H,8H2,1-4H3. The quantitative estimate of drug-likeness (QED) is 0.804. The van der Waals surface area contributed by atoms with Gasteiger partial charge in [-0.2, -0.15) is 0 Å². The molecule has 1 rings (SSSR count). The van der Waals surface area contributed by atoms with E-state index in [1.165, 1.54) is 0 Å². The first-order valence-electron chi connectivity index (χ1n) is 5.43. The highest BCUT2D eigenvalue weighted by Crippen LogP contribution is 2.22. The van der Waals surface area contributed by atoms with Crippen LogP contribution in [0.3, 0.4) is 0 Å². The summed E-state index contributed by atoms with van der Waals surface area (Å²) in [5.41, 5.74) is 0.903. The number of ether oxygens (including phenoxy) is 2. The maximum absolute atomic E-state index is 5.19. The maximum Gasteiger partial charge on any atom is 0.237 e. The largest absolute Gasteiger partial charge is 0.480 e. The van der Waals surface area contributed by atoms with Gasteiger partial charge in [0, 0.05) is 13.3 Å². The third-order valence-electron chi connectivity index (χ3n) is 2.46. The molecule has 0 aliphatic carbocycles. The second kappa shape index (κ2) is 6.33. The second-order valence-electron chi connectivity index (χ2n) is 4.01.